The summed E-state index contributed by atoms with van der Waals surface area (Å²) in [6, 6.07) is 12.1. The van der Waals surface area contributed by atoms with Crippen molar-refractivity contribution in [2.75, 3.05) is 7.11 Å². The van der Waals surface area contributed by atoms with E-state index in [1.165, 1.54) is 23.8 Å². The van der Waals surface area contributed by atoms with Crippen molar-refractivity contribution in [3.63, 3.8) is 0 Å². The highest BCUT2D eigenvalue weighted by Crippen LogP contribution is 2.28. The van der Waals surface area contributed by atoms with Crippen molar-refractivity contribution in [2.45, 2.75) is 20.8 Å². The average Bonchev–Trinajstić information content (AvgIpc) is 2.38. The van der Waals surface area contributed by atoms with E-state index in [9.17, 15) is 4.79 Å². The van der Waals surface area contributed by atoms with Crippen LogP contribution in [0.5, 0.6) is 0 Å². The third kappa shape index (κ3) is 2.68. The lowest BCUT2D eigenvalue weighted by atomic mass is 9.94. The zero-order valence-corrected chi connectivity index (χ0v) is 11.8. The molecule has 0 radical (unpaired) electrons. The van der Waals surface area contributed by atoms with Crippen LogP contribution in [0.1, 0.15) is 27.0 Å². The summed E-state index contributed by atoms with van der Waals surface area (Å²) in [4.78, 5) is 11.5. The topological polar surface area (TPSA) is 26.3 Å². The number of benzene rings is 2. The van der Waals surface area contributed by atoms with Crippen LogP contribution in [0, 0.1) is 20.8 Å². The Labute approximate surface area is 114 Å². The molecule has 0 heterocycles. The average molecular weight is 254 g/mol. The standard InChI is InChI=1S/C17H18O2/c1-11-5-7-15(12(2)9-11)16-8-6-14(10-13(16)3)17(18)19-4/h5-10H,1-4H3. The van der Waals surface area contributed by atoms with Gasteiger partial charge in [-0.25, -0.2) is 4.79 Å². The van der Waals surface area contributed by atoms with Gasteiger partial charge in [0.2, 0.25) is 0 Å². The van der Waals surface area contributed by atoms with Gasteiger partial charge in [-0.2, -0.15) is 0 Å². The van der Waals surface area contributed by atoms with Gasteiger partial charge in [0.25, 0.3) is 0 Å². The largest absolute Gasteiger partial charge is 0.465 e. The third-order valence-electron chi connectivity index (χ3n) is 3.32. The molecule has 2 rings (SSSR count). The lowest BCUT2D eigenvalue weighted by molar-refractivity contribution is 0.0600. The Morgan fingerprint density at radius 3 is 2.00 bits per heavy atom. The van der Waals surface area contributed by atoms with Gasteiger partial charge in [0.05, 0.1) is 12.7 Å². The van der Waals surface area contributed by atoms with Crippen LogP contribution in [0.2, 0.25) is 0 Å². The molecule has 0 saturated heterocycles. The van der Waals surface area contributed by atoms with Crippen molar-refractivity contribution < 1.29 is 9.53 Å². The van der Waals surface area contributed by atoms with Gasteiger partial charge in [0.1, 0.15) is 0 Å². The van der Waals surface area contributed by atoms with Crippen LogP contribution in [-0.2, 0) is 4.74 Å². The maximum atomic E-state index is 11.5. The number of esters is 1. The van der Waals surface area contributed by atoms with Crippen LogP contribution in [0.4, 0.5) is 0 Å². The summed E-state index contributed by atoms with van der Waals surface area (Å²) < 4.78 is 4.74. The number of ether oxygens (including phenoxy) is 1. The number of hydrogen-bond acceptors (Lipinski definition) is 2. The van der Waals surface area contributed by atoms with E-state index in [1.54, 1.807) is 0 Å². The smallest absolute Gasteiger partial charge is 0.337 e. The maximum absolute atomic E-state index is 11.5. The van der Waals surface area contributed by atoms with Crippen LogP contribution in [0.25, 0.3) is 11.1 Å². The van der Waals surface area contributed by atoms with Gasteiger partial charge in [-0.15, -0.1) is 0 Å². The lowest BCUT2D eigenvalue weighted by Crippen LogP contribution is -2.01. The SMILES string of the molecule is COC(=O)c1ccc(-c2ccc(C)cc2C)c(C)c1. The Hall–Kier alpha value is -2.09. The second-order valence-corrected chi connectivity index (χ2v) is 4.84. The number of carbonyl (C=O) groups excluding carboxylic acids is 1. The molecule has 2 aromatic rings. The molecule has 98 valence electrons. The van der Waals surface area contributed by atoms with Crippen LogP contribution < -0.4 is 0 Å². The summed E-state index contributed by atoms with van der Waals surface area (Å²) in [5, 5.41) is 0. The fourth-order valence-electron chi connectivity index (χ4n) is 2.33. The van der Waals surface area contributed by atoms with Crippen LogP contribution >= 0.6 is 0 Å². The molecule has 0 aliphatic heterocycles. The minimum atomic E-state index is -0.296. The summed E-state index contributed by atoms with van der Waals surface area (Å²) in [6.07, 6.45) is 0. The molecule has 0 spiro atoms. The molecule has 2 nitrogen and oxygen atoms in total. The Balaban J connectivity index is 2.49. The summed E-state index contributed by atoms with van der Waals surface area (Å²) in [5.41, 5.74) is 6.53. The number of methoxy groups -OCH3 is 1. The molecular weight excluding hydrogens is 236 g/mol. The van der Waals surface area contributed by atoms with Gasteiger partial charge in [-0.05, 0) is 55.2 Å². The van der Waals surface area contributed by atoms with E-state index in [1.807, 2.05) is 25.1 Å². The minimum Gasteiger partial charge on any atom is -0.465 e. The maximum Gasteiger partial charge on any atom is 0.337 e. The zero-order chi connectivity index (χ0) is 14.0. The lowest BCUT2D eigenvalue weighted by Gasteiger charge is -2.11. The first-order valence-corrected chi connectivity index (χ1v) is 6.29. The number of hydrogen-bond donors (Lipinski definition) is 0. The van der Waals surface area contributed by atoms with Gasteiger partial charge in [0.15, 0.2) is 0 Å². The van der Waals surface area contributed by atoms with Gasteiger partial charge in [-0.3, -0.25) is 0 Å². The van der Waals surface area contributed by atoms with Gasteiger partial charge >= 0.3 is 5.97 Å². The van der Waals surface area contributed by atoms with Crippen molar-refractivity contribution in [1.82, 2.24) is 0 Å². The molecule has 0 bridgehead atoms. The molecule has 2 heteroatoms. The summed E-state index contributed by atoms with van der Waals surface area (Å²) in [6.45, 7) is 6.21. The van der Waals surface area contributed by atoms with Crippen molar-refractivity contribution in [3.8, 4) is 11.1 Å². The quantitative estimate of drug-likeness (QED) is 0.755. The van der Waals surface area contributed by atoms with Crippen molar-refractivity contribution in [3.05, 3.63) is 58.7 Å². The molecule has 0 N–H and O–H groups in total. The normalized spacial score (nSPS) is 10.3. The van der Waals surface area contributed by atoms with Crippen LogP contribution in [0.15, 0.2) is 36.4 Å². The molecule has 0 aliphatic rings. The zero-order valence-electron chi connectivity index (χ0n) is 11.8. The second-order valence-electron chi connectivity index (χ2n) is 4.84. The monoisotopic (exact) mass is 254 g/mol. The second kappa shape index (κ2) is 5.27. The molecule has 0 atom stereocenters. The van der Waals surface area contributed by atoms with Crippen molar-refractivity contribution >= 4 is 5.97 Å². The van der Waals surface area contributed by atoms with Crippen molar-refractivity contribution in [2.24, 2.45) is 0 Å². The van der Waals surface area contributed by atoms with E-state index in [-0.39, 0.29) is 5.97 Å². The molecule has 0 fully saturated rings. The molecular formula is C17H18O2. The highest BCUT2D eigenvalue weighted by atomic mass is 16.5. The Bertz CT molecular complexity index is 627. The van der Waals surface area contributed by atoms with E-state index in [0.29, 0.717) is 5.56 Å². The highest BCUT2D eigenvalue weighted by molar-refractivity contribution is 5.90. The van der Waals surface area contributed by atoms with Gasteiger partial charge in [-0.1, -0.05) is 29.8 Å². The predicted octanol–water partition coefficient (Wildman–Crippen LogP) is 4.07. The molecule has 0 amide bonds. The van der Waals surface area contributed by atoms with Crippen molar-refractivity contribution in [1.29, 1.82) is 0 Å². The van der Waals surface area contributed by atoms with Gasteiger partial charge < -0.3 is 4.74 Å². The third-order valence-corrected chi connectivity index (χ3v) is 3.32. The van der Waals surface area contributed by atoms with Gasteiger partial charge in [0, 0.05) is 0 Å². The highest BCUT2D eigenvalue weighted by Gasteiger charge is 2.10. The summed E-state index contributed by atoms with van der Waals surface area (Å²) >= 11 is 0. The number of carbonyl (C=O) groups is 1. The first kappa shape index (κ1) is 13.3. The fraction of sp³-hybridized carbons (Fsp3) is 0.235. The molecule has 2 aromatic carbocycles. The van der Waals surface area contributed by atoms with E-state index < -0.39 is 0 Å². The van der Waals surface area contributed by atoms with Crippen LogP contribution in [-0.4, -0.2) is 13.1 Å². The first-order valence-electron chi connectivity index (χ1n) is 6.29. The summed E-state index contributed by atoms with van der Waals surface area (Å²) in [5.74, 6) is -0.296. The van der Waals surface area contributed by atoms with Crippen LogP contribution in [0.3, 0.4) is 0 Å². The molecule has 0 aromatic heterocycles. The Morgan fingerprint density at radius 2 is 1.47 bits per heavy atom. The van der Waals surface area contributed by atoms with E-state index >= 15 is 0 Å². The fourth-order valence-corrected chi connectivity index (χ4v) is 2.33. The van der Waals surface area contributed by atoms with E-state index in [2.05, 4.69) is 32.0 Å². The molecule has 0 saturated carbocycles. The molecule has 19 heavy (non-hydrogen) atoms. The molecule has 0 aliphatic carbocycles. The number of rotatable bonds is 2. The Morgan fingerprint density at radius 1 is 0.895 bits per heavy atom. The summed E-state index contributed by atoms with van der Waals surface area (Å²) in [7, 11) is 1.40. The molecule has 0 unspecified atom stereocenters. The predicted molar refractivity (Wildman–Crippen MR) is 77.4 cm³/mol. The first-order chi connectivity index (χ1) is 9.02. The minimum absolute atomic E-state index is 0.296. The number of aryl methyl sites for hydroxylation is 3. The Kier molecular flexibility index (Phi) is 3.70. The van der Waals surface area contributed by atoms with E-state index in [4.69, 9.17) is 4.74 Å². The van der Waals surface area contributed by atoms with E-state index in [0.717, 1.165) is 11.1 Å².